The number of anilines is 1. The summed E-state index contributed by atoms with van der Waals surface area (Å²) in [5, 5.41) is 12.6. The molecule has 0 heterocycles. The lowest BCUT2D eigenvalue weighted by Crippen LogP contribution is -2.13. The highest BCUT2D eigenvalue weighted by Crippen LogP contribution is 2.12. The minimum Gasteiger partial charge on any atom is -0.508 e. The number of halogens is 2. The van der Waals surface area contributed by atoms with Crippen molar-refractivity contribution in [2.75, 3.05) is 19.0 Å². The normalized spacial score (nSPS) is 9.43. The van der Waals surface area contributed by atoms with Crippen LogP contribution in [0.3, 0.4) is 0 Å². The second-order valence-corrected chi connectivity index (χ2v) is 4.83. The van der Waals surface area contributed by atoms with Crippen molar-refractivity contribution >= 4 is 30.5 Å². The number of aromatic hydroxyl groups is 1. The first-order valence-electron chi connectivity index (χ1n) is 6.40. The molecule has 0 saturated heterocycles. The van der Waals surface area contributed by atoms with E-state index >= 15 is 0 Å². The third-order valence-electron chi connectivity index (χ3n) is 3.05. The summed E-state index contributed by atoms with van der Waals surface area (Å²) in [4.78, 5) is 2.09. The van der Waals surface area contributed by atoms with Gasteiger partial charge in [-0.05, 0) is 35.4 Å². The van der Waals surface area contributed by atoms with E-state index < -0.39 is 0 Å². The van der Waals surface area contributed by atoms with Crippen molar-refractivity contribution in [1.29, 1.82) is 0 Å². The maximum Gasteiger partial charge on any atom is 0.115 e. The Labute approximate surface area is 138 Å². The Morgan fingerprint density at radius 3 is 1.67 bits per heavy atom. The topological polar surface area (TPSA) is 35.5 Å². The second-order valence-electron chi connectivity index (χ2n) is 4.83. The van der Waals surface area contributed by atoms with Crippen molar-refractivity contribution in [2.24, 2.45) is 0 Å². The molecule has 21 heavy (non-hydrogen) atoms. The molecule has 0 amide bonds. The molecule has 2 rings (SSSR count). The van der Waals surface area contributed by atoms with Crippen molar-refractivity contribution < 1.29 is 5.11 Å². The maximum absolute atomic E-state index is 9.21. The van der Waals surface area contributed by atoms with Gasteiger partial charge in [-0.3, -0.25) is 0 Å². The molecule has 2 aromatic carbocycles. The van der Waals surface area contributed by atoms with Gasteiger partial charge in [-0.15, -0.1) is 24.8 Å². The summed E-state index contributed by atoms with van der Waals surface area (Å²) in [6.07, 6.45) is 0. The molecule has 0 aliphatic heterocycles. The van der Waals surface area contributed by atoms with E-state index in [-0.39, 0.29) is 24.8 Å². The fraction of sp³-hybridized carbons (Fsp3) is 0.250. The summed E-state index contributed by atoms with van der Waals surface area (Å²) in [6, 6.07) is 15.8. The molecule has 0 radical (unpaired) electrons. The smallest absolute Gasteiger partial charge is 0.115 e. The summed E-state index contributed by atoms with van der Waals surface area (Å²) in [5.41, 5.74) is 3.65. The quantitative estimate of drug-likeness (QED) is 0.880. The van der Waals surface area contributed by atoms with Gasteiger partial charge in [0.25, 0.3) is 0 Å². The van der Waals surface area contributed by atoms with E-state index in [2.05, 4.69) is 34.5 Å². The fourth-order valence-corrected chi connectivity index (χ4v) is 1.88. The molecule has 0 bridgehead atoms. The first-order valence-corrected chi connectivity index (χ1v) is 6.40. The Hall–Kier alpha value is -1.42. The molecule has 0 atom stereocenters. The van der Waals surface area contributed by atoms with Crippen molar-refractivity contribution in [3.05, 3.63) is 59.7 Å². The Bertz CT molecular complexity index is 513. The molecule has 0 spiro atoms. The average Bonchev–Trinajstić information content (AvgIpc) is 2.41. The van der Waals surface area contributed by atoms with E-state index in [0.29, 0.717) is 5.75 Å². The van der Waals surface area contributed by atoms with Gasteiger partial charge in [0, 0.05) is 32.9 Å². The minimum atomic E-state index is 0. The lowest BCUT2D eigenvalue weighted by molar-refractivity contribution is 0.475. The number of rotatable bonds is 5. The van der Waals surface area contributed by atoms with Crippen LogP contribution in [-0.4, -0.2) is 19.2 Å². The number of phenolic OH excluding ortho intramolecular Hbond substituents is 1. The molecule has 2 aromatic rings. The van der Waals surface area contributed by atoms with Crippen LogP contribution in [0.15, 0.2) is 48.5 Å². The third kappa shape index (κ3) is 6.25. The van der Waals surface area contributed by atoms with Crippen LogP contribution in [0.2, 0.25) is 0 Å². The molecule has 5 heteroatoms. The van der Waals surface area contributed by atoms with Crippen LogP contribution in [0.5, 0.6) is 5.75 Å². The van der Waals surface area contributed by atoms with Crippen molar-refractivity contribution in [2.45, 2.75) is 13.1 Å². The summed E-state index contributed by atoms with van der Waals surface area (Å²) in [6.45, 7) is 1.64. The van der Waals surface area contributed by atoms with Gasteiger partial charge in [-0.25, -0.2) is 0 Å². The number of phenols is 1. The highest BCUT2D eigenvalue weighted by atomic mass is 35.5. The maximum atomic E-state index is 9.21. The molecule has 3 nitrogen and oxygen atoms in total. The number of nitrogens with zero attached hydrogens (tertiary/aromatic N) is 1. The Morgan fingerprint density at radius 2 is 1.24 bits per heavy atom. The van der Waals surface area contributed by atoms with Gasteiger partial charge in [-0.1, -0.05) is 24.3 Å². The van der Waals surface area contributed by atoms with Gasteiger partial charge >= 0.3 is 0 Å². The zero-order valence-electron chi connectivity index (χ0n) is 12.2. The van der Waals surface area contributed by atoms with Gasteiger partial charge in [-0.2, -0.15) is 0 Å². The first-order chi connectivity index (χ1) is 9.15. The van der Waals surface area contributed by atoms with E-state index in [1.165, 1.54) is 16.8 Å². The van der Waals surface area contributed by atoms with Crippen LogP contribution >= 0.6 is 24.8 Å². The molecule has 116 valence electrons. The molecular weight excluding hydrogens is 307 g/mol. The molecule has 0 fully saturated rings. The standard InChI is InChI=1S/C16H20N2O.2ClH/c1-18(2)15-7-3-13(4-8-15)11-17-12-14-5-9-16(19)10-6-14;;/h3-10,17,19H,11-12H2,1-2H3;2*1H. The molecule has 0 unspecified atom stereocenters. The van der Waals surface area contributed by atoms with Crippen molar-refractivity contribution in [1.82, 2.24) is 5.32 Å². The Balaban J connectivity index is 0.00000200. The Kier molecular flexibility index (Phi) is 8.86. The van der Waals surface area contributed by atoms with Crippen LogP contribution in [0.4, 0.5) is 5.69 Å². The largest absolute Gasteiger partial charge is 0.508 e. The monoisotopic (exact) mass is 328 g/mol. The van der Waals surface area contributed by atoms with Crippen LogP contribution < -0.4 is 10.2 Å². The highest BCUT2D eigenvalue weighted by Gasteiger charge is 1.97. The lowest BCUT2D eigenvalue weighted by atomic mass is 10.2. The zero-order valence-corrected chi connectivity index (χ0v) is 13.9. The number of hydrogen-bond acceptors (Lipinski definition) is 3. The van der Waals surface area contributed by atoms with Crippen LogP contribution in [0.1, 0.15) is 11.1 Å². The van der Waals surface area contributed by atoms with E-state index in [0.717, 1.165) is 13.1 Å². The number of nitrogens with one attached hydrogen (secondary N) is 1. The molecule has 0 saturated carbocycles. The predicted molar refractivity (Wildman–Crippen MR) is 93.9 cm³/mol. The van der Waals surface area contributed by atoms with E-state index in [4.69, 9.17) is 0 Å². The van der Waals surface area contributed by atoms with Gasteiger partial charge < -0.3 is 15.3 Å². The highest BCUT2D eigenvalue weighted by molar-refractivity contribution is 5.85. The SMILES string of the molecule is CN(C)c1ccc(CNCc2ccc(O)cc2)cc1.Cl.Cl. The molecule has 0 aliphatic carbocycles. The summed E-state index contributed by atoms with van der Waals surface area (Å²) < 4.78 is 0. The van der Waals surface area contributed by atoms with Gasteiger partial charge in [0.1, 0.15) is 5.75 Å². The molecular formula is C16H22Cl2N2O. The van der Waals surface area contributed by atoms with Crippen molar-refractivity contribution in [3.8, 4) is 5.75 Å². The minimum absolute atomic E-state index is 0. The molecule has 2 N–H and O–H groups in total. The molecule has 0 aliphatic rings. The van der Waals surface area contributed by atoms with E-state index in [1.54, 1.807) is 12.1 Å². The summed E-state index contributed by atoms with van der Waals surface area (Å²) >= 11 is 0. The first kappa shape index (κ1) is 19.6. The van der Waals surface area contributed by atoms with Gasteiger partial charge in [0.05, 0.1) is 0 Å². The lowest BCUT2D eigenvalue weighted by Gasteiger charge is -2.13. The third-order valence-corrected chi connectivity index (χ3v) is 3.05. The van der Waals surface area contributed by atoms with Crippen LogP contribution in [-0.2, 0) is 13.1 Å². The number of hydrogen-bond donors (Lipinski definition) is 2. The van der Waals surface area contributed by atoms with Crippen LogP contribution in [0, 0.1) is 0 Å². The van der Waals surface area contributed by atoms with Gasteiger partial charge in [0.2, 0.25) is 0 Å². The summed E-state index contributed by atoms with van der Waals surface area (Å²) in [5.74, 6) is 0.308. The zero-order chi connectivity index (χ0) is 13.7. The number of benzene rings is 2. The van der Waals surface area contributed by atoms with E-state index in [9.17, 15) is 5.11 Å². The Morgan fingerprint density at radius 1 is 0.810 bits per heavy atom. The summed E-state index contributed by atoms with van der Waals surface area (Å²) in [7, 11) is 4.08. The predicted octanol–water partition coefficient (Wildman–Crippen LogP) is 3.59. The molecule has 0 aromatic heterocycles. The van der Waals surface area contributed by atoms with Gasteiger partial charge in [0.15, 0.2) is 0 Å². The second kappa shape index (κ2) is 9.50. The van der Waals surface area contributed by atoms with Crippen molar-refractivity contribution in [3.63, 3.8) is 0 Å². The van der Waals surface area contributed by atoms with E-state index in [1.807, 2.05) is 26.2 Å². The fourth-order valence-electron chi connectivity index (χ4n) is 1.88. The average molecular weight is 329 g/mol. The van der Waals surface area contributed by atoms with Crippen LogP contribution in [0.25, 0.3) is 0 Å².